The Kier molecular flexibility index (Phi) is 6.36. The molecule has 0 radical (unpaired) electrons. The van der Waals surface area contributed by atoms with Gasteiger partial charge in [-0.2, -0.15) is 0 Å². The molecule has 2 N–H and O–H groups in total. The number of halogens is 2. The van der Waals surface area contributed by atoms with E-state index in [-0.39, 0.29) is 40.1 Å². The van der Waals surface area contributed by atoms with Crippen LogP contribution >= 0.6 is 23.2 Å². The van der Waals surface area contributed by atoms with Gasteiger partial charge in [0.2, 0.25) is 0 Å². The monoisotopic (exact) mass is 503 g/mol. The standard InChI is InChI=1S/C25H23Cl2NO6/c1-13(2)11-25(24(32)33)12-16(23(30)31)21(20-10-14-5-3-4-6-19(14)34-20)28(25)22(29)15-7-8-17(26)18(27)9-15/h3-10,13,16,21H,11-12H2,1-2H3,(H,30,31)(H,32,33). The summed E-state index contributed by atoms with van der Waals surface area (Å²) in [6.07, 6.45) is -0.194. The quantitative estimate of drug-likeness (QED) is 0.433. The summed E-state index contributed by atoms with van der Waals surface area (Å²) < 4.78 is 5.97. The molecule has 1 aliphatic rings. The van der Waals surface area contributed by atoms with E-state index in [1.807, 2.05) is 19.9 Å². The first-order valence-electron chi connectivity index (χ1n) is 10.8. The van der Waals surface area contributed by atoms with Crippen LogP contribution in [0.2, 0.25) is 10.0 Å². The molecule has 4 rings (SSSR count). The van der Waals surface area contributed by atoms with Crippen LogP contribution in [0.4, 0.5) is 0 Å². The first kappa shape index (κ1) is 24.1. The summed E-state index contributed by atoms with van der Waals surface area (Å²) in [6.45, 7) is 3.66. The molecule has 1 aliphatic heterocycles. The van der Waals surface area contributed by atoms with Gasteiger partial charge >= 0.3 is 11.9 Å². The van der Waals surface area contributed by atoms with Crippen LogP contribution in [0, 0.1) is 11.8 Å². The average molecular weight is 504 g/mol. The number of benzene rings is 2. The zero-order valence-electron chi connectivity index (χ0n) is 18.5. The topological polar surface area (TPSA) is 108 Å². The Hall–Kier alpha value is -3.03. The number of carboxylic acid groups (broad SMARTS) is 2. The molecule has 3 aromatic rings. The van der Waals surface area contributed by atoms with Crippen molar-refractivity contribution < 1.29 is 29.0 Å². The van der Waals surface area contributed by atoms with Gasteiger partial charge in [-0.25, -0.2) is 4.79 Å². The molecule has 1 aromatic heterocycles. The molecule has 0 bridgehead atoms. The molecule has 2 aromatic carbocycles. The molecule has 3 unspecified atom stereocenters. The number of likely N-dealkylation sites (tertiary alicyclic amines) is 1. The fourth-order valence-electron chi connectivity index (χ4n) is 4.94. The Bertz CT molecular complexity index is 1250. The highest BCUT2D eigenvalue weighted by molar-refractivity contribution is 6.42. The zero-order valence-corrected chi connectivity index (χ0v) is 20.0. The minimum absolute atomic E-state index is 0.0654. The molecule has 2 heterocycles. The molecule has 1 amide bonds. The van der Waals surface area contributed by atoms with Crippen LogP contribution in [0.1, 0.15) is 48.8 Å². The summed E-state index contributed by atoms with van der Waals surface area (Å²) in [5.74, 6) is -4.24. The molecule has 1 saturated heterocycles. The SMILES string of the molecule is CC(C)CC1(C(=O)O)CC(C(=O)O)C(c2cc3ccccc3o2)N1C(=O)c1ccc(Cl)c(Cl)c1. The number of nitrogens with zero attached hydrogens (tertiary/aromatic N) is 1. The summed E-state index contributed by atoms with van der Waals surface area (Å²) in [5, 5.41) is 21.6. The van der Waals surface area contributed by atoms with E-state index in [0.29, 0.717) is 5.58 Å². The maximum atomic E-state index is 13.9. The number of carbonyl (C=O) groups excluding carboxylic acids is 1. The third-order valence-electron chi connectivity index (χ3n) is 6.26. The van der Waals surface area contributed by atoms with Crippen molar-refractivity contribution in [1.29, 1.82) is 0 Å². The highest BCUT2D eigenvalue weighted by atomic mass is 35.5. The van der Waals surface area contributed by atoms with Crippen LogP contribution in [0.15, 0.2) is 52.9 Å². The van der Waals surface area contributed by atoms with Gasteiger partial charge in [-0.1, -0.05) is 55.2 Å². The van der Waals surface area contributed by atoms with E-state index in [1.165, 1.54) is 23.1 Å². The molecule has 3 atom stereocenters. The largest absolute Gasteiger partial charge is 0.481 e. The predicted molar refractivity (Wildman–Crippen MR) is 127 cm³/mol. The normalized spacial score (nSPS) is 22.4. The number of furan rings is 1. The van der Waals surface area contributed by atoms with Crippen molar-refractivity contribution in [2.24, 2.45) is 11.8 Å². The smallest absolute Gasteiger partial charge is 0.329 e. The maximum Gasteiger partial charge on any atom is 0.329 e. The van der Waals surface area contributed by atoms with Crippen molar-refractivity contribution in [2.45, 2.75) is 38.3 Å². The Morgan fingerprint density at radius 2 is 1.79 bits per heavy atom. The lowest BCUT2D eigenvalue weighted by Crippen LogP contribution is -2.54. The van der Waals surface area contributed by atoms with Gasteiger partial charge in [-0.05, 0) is 49.1 Å². The predicted octanol–water partition coefficient (Wildman–Crippen LogP) is 5.90. The van der Waals surface area contributed by atoms with Crippen molar-refractivity contribution in [3.63, 3.8) is 0 Å². The van der Waals surface area contributed by atoms with Crippen LogP contribution in [-0.4, -0.2) is 38.5 Å². The second-order valence-electron chi connectivity index (χ2n) is 9.02. The Morgan fingerprint density at radius 3 is 2.38 bits per heavy atom. The minimum atomic E-state index is -1.76. The highest BCUT2D eigenvalue weighted by Gasteiger charge is 2.61. The highest BCUT2D eigenvalue weighted by Crippen LogP contribution is 2.51. The third kappa shape index (κ3) is 4.03. The second kappa shape index (κ2) is 8.96. The van der Waals surface area contributed by atoms with Gasteiger partial charge in [0, 0.05) is 10.9 Å². The number of aliphatic carboxylic acids is 2. The summed E-state index contributed by atoms with van der Waals surface area (Å²) in [5.41, 5.74) is -1.14. The summed E-state index contributed by atoms with van der Waals surface area (Å²) >= 11 is 12.1. The molecule has 7 nitrogen and oxygen atoms in total. The summed E-state index contributed by atoms with van der Waals surface area (Å²) in [6, 6.07) is 11.9. The van der Waals surface area contributed by atoms with Gasteiger partial charge in [0.15, 0.2) is 0 Å². The lowest BCUT2D eigenvalue weighted by molar-refractivity contribution is -0.150. The lowest BCUT2D eigenvalue weighted by Gasteiger charge is -2.38. The van der Waals surface area contributed by atoms with Gasteiger partial charge in [0.05, 0.1) is 16.0 Å². The fourth-order valence-corrected chi connectivity index (χ4v) is 5.24. The number of hydrogen-bond donors (Lipinski definition) is 2. The fraction of sp³-hybridized carbons (Fsp3) is 0.320. The van der Waals surface area contributed by atoms with Gasteiger partial charge < -0.3 is 19.5 Å². The average Bonchev–Trinajstić information content (AvgIpc) is 3.34. The Morgan fingerprint density at radius 1 is 1.09 bits per heavy atom. The first-order chi connectivity index (χ1) is 16.0. The molecular weight excluding hydrogens is 481 g/mol. The van der Waals surface area contributed by atoms with Crippen LogP contribution in [0.5, 0.6) is 0 Å². The molecular formula is C25H23Cl2NO6. The van der Waals surface area contributed by atoms with Crippen LogP contribution < -0.4 is 0 Å². The van der Waals surface area contributed by atoms with Crippen molar-refractivity contribution in [2.75, 3.05) is 0 Å². The van der Waals surface area contributed by atoms with Crippen LogP contribution in [0.25, 0.3) is 11.0 Å². The lowest BCUT2D eigenvalue weighted by atomic mass is 9.83. The van der Waals surface area contributed by atoms with Gasteiger partial charge in [0.25, 0.3) is 5.91 Å². The van der Waals surface area contributed by atoms with E-state index in [0.717, 1.165) is 5.39 Å². The van der Waals surface area contributed by atoms with E-state index in [1.54, 1.807) is 24.3 Å². The maximum absolute atomic E-state index is 13.9. The summed E-state index contributed by atoms with van der Waals surface area (Å²) in [4.78, 5) is 40.2. The molecule has 0 aliphatic carbocycles. The minimum Gasteiger partial charge on any atom is -0.481 e. The van der Waals surface area contributed by atoms with Crippen molar-refractivity contribution in [3.05, 3.63) is 69.9 Å². The first-order valence-corrected chi connectivity index (χ1v) is 11.5. The second-order valence-corrected chi connectivity index (χ2v) is 9.83. The van der Waals surface area contributed by atoms with Crippen molar-refractivity contribution in [1.82, 2.24) is 4.90 Å². The zero-order chi connectivity index (χ0) is 24.8. The third-order valence-corrected chi connectivity index (χ3v) is 7.00. The Labute approximate surface area is 205 Å². The van der Waals surface area contributed by atoms with Crippen molar-refractivity contribution in [3.8, 4) is 0 Å². The number of carbonyl (C=O) groups is 3. The number of fused-ring (bicyclic) bond motifs is 1. The van der Waals surface area contributed by atoms with Gasteiger partial charge in [0.1, 0.15) is 22.9 Å². The van der Waals surface area contributed by atoms with E-state index in [4.69, 9.17) is 27.6 Å². The van der Waals surface area contributed by atoms with Gasteiger partial charge in [-0.3, -0.25) is 9.59 Å². The molecule has 178 valence electrons. The molecule has 1 fully saturated rings. The number of carboxylic acids is 2. The van der Waals surface area contributed by atoms with Crippen LogP contribution in [-0.2, 0) is 9.59 Å². The number of hydrogen-bond acceptors (Lipinski definition) is 4. The number of amides is 1. The molecule has 34 heavy (non-hydrogen) atoms. The number of para-hydroxylation sites is 1. The van der Waals surface area contributed by atoms with E-state index < -0.39 is 35.3 Å². The molecule has 0 saturated carbocycles. The van der Waals surface area contributed by atoms with E-state index in [2.05, 4.69) is 0 Å². The number of rotatable bonds is 6. The van der Waals surface area contributed by atoms with Crippen molar-refractivity contribution >= 4 is 52.0 Å². The Balaban J connectivity index is 1.95. The van der Waals surface area contributed by atoms with E-state index in [9.17, 15) is 24.6 Å². The van der Waals surface area contributed by atoms with Gasteiger partial charge in [-0.15, -0.1) is 0 Å². The molecule has 0 spiro atoms. The molecule has 9 heteroatoms. The summed E-state index contributed by atoms with van der Waals surface area (Å²) in [7, 11) is 0. The van der Waals surface area contributed by atoms with E-state index >= 15 is 0 Å². The van der Waals surface area contributed by atoms with Crippen LogP contribution in [0.3, 0.4) is 0 Å².